The summed E-state index contributed by atoms with van der Waals surface area (Å²) in [5, 5.41) is 8.43. The van der Waals surface area contributed by atoms with Crippen LogP contribution in [0.5, 0.6) is 0 Å². The van der Waals surface area contributed by atoms with Crippen LogP contribution in [0.4, 0.5) is 0 Å². The van der Waals surface area contributed by atoms with E-state index in [0.717, 1.165) is 52.8 Å². The predicted molar refractivity (Wildman–Crippen MR) is 112 cm³/mol. The summed E-state index contributed by atoms with van der Waals surface area (Å²) in [5.41, 5.74) is 3.34. The lowest BCUT2D eigenvalue weighted by molar-refractivity contribution is -0.145. The van der Waals surface area contributed by atoms with Gasteiger partial charge in [0, 0.05) is 18.7 Å². The Bertz CT molecular complexity index is 996. The van der Waals surface area contributed by atoms with Gasteiger partial charge in [-0.15, -0.1) is 0 Å². The molecule has 1 heterocycles. The summed E-state index contributed by atoms with van der Waals surface area (Å²) < 4.78 is 0. The molecule has 1 N–H and O–H groups in total. The van der Waals surface area contributed by atoms with Crippen molar-refractivity contribution >= 4 is 39.6 Å². The number of hydrogen-bond acceptors (Lipinski definition) is 3. The molecule has 0 unspecified atom stereocenters. The number of hydrazone groups is 1. The highest BCUT2D eigenvalue weighted by Gasteiger charge is 2.22. The molecule has 3 aromatic carbocycles. The van der Waals surface area contributed by atoms with Crippen LogP contribution in [0.2, 0.25) is 0 Å². The maximum absolute atomic E-state index is 12.4. The van der Waals surface area contributed by atoms with E-state index in [1.54, 1.807) is 11.1 Å². The minimum atomic E-state index is -0.678. The highest BCUT2D eigenvalue weighted by atomic mass is 16.2. The van der Waals surface area contributed by atoms with Gasteiger partial charge < -0.3 is 4.90 Å². The van der Waals surface area contributed by atoms with Crippen molar-refractivity contribution < 1.29 is 9.59 Å². The number of hydrogen-bond donors (Lipinski definition) is 1. The van der Waals surface area contributed by atoms with Crippen molar-refractivity contribution in [3.05, 3.63) is 60.2 Å². The highest BCUT2D eigenvalue weighted by Crippen LogP contribution is 2.27. The third kappa shape index (κ3) is 3.74. The smallest absolute Gasteiger partial charge is 0.329 e. The third-order valence-corrected chi connectivity index (χ3v) is 5.26. The second-order valence-corrected chi connectivity index (χ2v) is 7.14. The molecule has 2 amide bonds. The van der Waals surface area contributed by atoms with Crippen LogP contribution < -0.4 is 5.43 Å². The van der Waals surface area contributed by atoms with Crippen LogP contribution in [-0.2, 0) is 9.59 Å². The molecule has 28 heavy (non-hydrogen) atoms. The number of carbonyl (C=O) groups excluding carboxylic acids is 2. The first-order valence-electron chi connectivity index (χ1n) is 9.77. The summed E-state index contributed by atoms with van der Waals surface area (Å²) >= 11 is 0. The van der Waals surface area contributed by atoms with E-state index in [0.29, 0.717) is 13.1 Å². The number of rotatable bonds is 2. The van der Waals surface area contributed by atoms with E-state index in [1.165, 1.54) is 0 Å². The Morgan fingerprint density at radius 1 is 0.857 bits per heavy atom. The minimum absolute atomic E-state index is 0.498. The zero-order valence-corrected chi connectivity index (χ0v) is 15.7. The molecule has 5 heteroatoms. The third-order valence-electron chi connectivity index (χ3n) is 5.26. The van der Waals surface area contributed by atoms with E-state index in [-0.39, 0.29) is 0 Å². The van der Waals surface area contributed by atoms with E-state index in [4.69, 9.17) is 0 Å². The van der Waals surface area contributed by atoms with Crippen LogP contribution in [0.1, 0.15) is 31.2 Å². The average molecular weight is 373 g/mol. The minimum Gasteiger partial charge on any atom is -0.334 e. The Morgan fingerprint density at radius 3 is 2.04 bits per heavy atom. The zero-order valence-electron chi connectivity index (χ0n) is 15.7. The number of carbonyl (C=O) groups is 2. The Labute approximate surface area is 164 Å². The molecule has 0 bridgehead atoms. The summed E-state index contributed by atoms with van der Waals surface area (Å²) in [5.74, 6) is -1.18. The molecular formula is C23H23N3O2. The van der Waals surface area contributed by atoms with Gasteiger partial charge in [0.15, 0.2) is 0 Å². The normalized spacial score (nSPS) is 15.1. The van der Waals surface area contributed by atoms with E-state index < -0.39 is 11.8 Å². The van der Waals surface area contributed by atoms with Gasteiger partial charge in [-0.25, -0.2) is 5.43 Å². The van der Waals surface area contributed by atoms with Crippen LogP contribution in [0.3, 0.4) is 0 Å². The first-order chi connectivity index (χ1) is 13.7. The van der Waals surface area contributed by atoms with Crippen molar-refractivity contribution in [1.29, 1.82) is 0 Å². The van der Waals surface area contributed by atoms with Crippen LogP contribution in [0.15, 0.2) is 59.7 Å². The number of nitrogens with one attached hydrogen (secondary N) is 1. The maximum Gasteiger partial charge on any atom is 0.329 e. The Balaban J connectivity index is 1.58. The average Bonchev–Trinajstić information content (AvgIpc) is 3.02. The summed E-state index contributed by atoms with van der Waals surface area (Å²) in [6.45, 7) is 1.29. The fourth-order valence-corrected chi connectivity index (χ4v) is 3.81. The quantitative estimate of drug-likeness (QED) is 0.321. The van der Waals surface area contributed by atoms with Crippen molar-refractivity contribution in [2.75, 3.05) is 13.1 Å². The largest absolute Gasteiger partial charge is 0.334 e. The SMILES string of the molecule is O=C(NN=Cc1c2ccccc2cc2ccccc12)C(=O)N1CCCCCC1. The molecule has 1 aliphatic heterocycles. The van der Waals surface area contributed by atoms with Crippen LogP contribution in [0, 0.1) is 0 Å². The second kappa shape index (κ2) is 8.21. The highest BCUT2D eigenvalue weighted by molar-refractivity contribution is 6.35. The van der Waals surface area contributed by atoms with Crippen LogP contribution in [-0.4, -0.2) is 36.0 Å². The standard InChI is InChI=1S/C23H23N3O2/c27-22(23(28)26-13-7-1-2-8-14-26)25-24-16-21-19-11-5-3-9-17(19)15-18-10-4-6-12-20(18)21/h3-6,9-12,15-16H,1-2,7-8,13-14H2,(H,25,27). The molecule has 0 aliphatic carbocycles. The van der Waals surface area contributed by atoms with Crippen molar-refractivity contribution in [2.45, 2.75) is 25.7 Å². The Kier molecular flexibility index (Phi) is 5.33. The molecule has 0 saturated carbocycles. The molecule has 4 rings (SSSR count). The number of likely N-dealkylation sites (tertiary alicyclic amines) is 1. The molecule has 1 saturated heterocycles. The predicted octanol–water partition coefficient (Wildman–Crippen LogP) is 3.85. The Morgan fingerprint density at radius 2 is 1.43 bits per heavy atom. The van der Waals surface area contributed by atoms with Crippen molar-refractivity contribution in [1.82, 2.24) is 10.3 Å². The number of amides is 2. The fraction of sp³-hybridized carbons (Fsp3) is 0.261. The van der Waals surface area contributed by atoms with Crippen molar-refractivity contribution in [3.63, 3.8) is 0 Å². The maximum atomic E-state index is 12.4. The van der Waals surface area contributed by atoms with E-state index >= 15 is 0 Å². The summed E-state index contributed by atoms with van der Waals surface area (Å²) in [6.07, 6.45) is 5.75. The van der Waals surface area contributed by atoms with Crippen LogP contribution in [0.25, 0.3) is 21.5 Å². The lowest BCUT2D eigenvalue weighted by Gasteiger charge is -2.18. The molecule has 142 valence electrons. The fourth-order valence-electron chi connectivity index (χ4n) is 3.81. The van der Waals surface area contributed by atoms with Gasteiger partial charge in [0.05, 0.1) is 6.21 Å². The monoisotopic (exact) mass is 373 g/mol. The van der Waals surface area contributed by atoms with Crippen molar-refractivity contribution in [3.8, 4) is 0 Å². The molecule has 0 spiro atoms. The number of nitrogens with zero attached hydrogens (tertiary/aromatic N) is 2. The molecular weight excluding hydrogens is 350 g/mol. The van der Waals surface area contributed by atoms with E-state index in [1.807, 2.05) is 36.4 Å². The summed E-state index contributed by atoms with van der Waals surface area (Å²) in [6, 6.07) is 18.3. The zero-order chi connectivity index (χ0) is 19.3. The van der Waals surface area contributed by atoms with Gasteiger partial charge >= 0.3 is 11.8 Å². The Hall–Kier alpha value is -3.21. The van der Waals surface area contributed by atoms with E-state index in [2.05, 4.69) is 28.7 Å². The lowest BCUT2D eigenvalue weighted by Crippen LogP contribution is -2.41. The summed E-state index contributed by atoms with van der Waals surface area (Å²) in [4.78, 5) is 26.2. The van der Waals surface area contributed by atoms with Gasteiger partial charge in [-0.1, -0.05) is 61.4 Å². The molecule has 0 atom stereocenters. The van der Waals surface area contributed by atoms with Gasteiger partial charge in [0.2, 0.25) is 0 Å². The van der Waals surface area contributed by atoms with E-state index in [9.17, 15) is 9.59 Å². The topological polar surface area (TPSA) is 61.8 Å². The molecule has 3 aromatic rings. The molecule has 0 radical (unpaired) electrons. The first-order valence-corrected chi connectivity index (χ1v) is 9.77. The van der Waals surface area contributed by atoms with Crippen molar-refractivity contribution in [2.24, 2.45) is 5.10 Å². The first kappa shape index (κ1) is 18.2. The van der Waals surface area contributed by atoms with Crippen LogP contribution >= 0.6 is 0 Å². The summed E-state index contributed by atoms with van der Waals surface area (Å²) in [7, 11) is 0. The van der Waals surface area contributed by atoms with Gasteiger partial charge in [-0.2, -0.15) is 5.10 Å². The second-order valence-electron chi connectivity index (χ2n) is 7.14. The lowest BCUT2D eigenvalue weighted by atomic mass is 9.97. The molecule has 5 nitrogen and oxygen atoms in total. The van der Waals surface area contributed by atoms with Gasteiger partial charge in [-0.05, 0) is 40.5 Å². The molecule has 0 aromatic heterocycles. The van der Waals surface area contributed by atoms with Gasteiger partial charge in [-0.3, -0.25) is 9.59 Å². The van der Waals surface area contributed by atoms with Gasteiger partial charge in [0.25, 0.3) is 0 Å². The molecule has 1 aliphatic rings. The van der Waals surface area contributed by atoms with Gasteiger partial charge in [0.1, 0.15) is 0 Å². The number of fused-ring (bicyclic) bond motifs is 2. The number of benzene rings is 3. The molecule has 1 fully saturated rings.